The van der Waals surface area contributed by atoms with Crippen LogP contribution < -0.4 is 11.1 Å². The third-order valence-electron chi connectivity index (χ3n) is 4.20. The summed E-state index contributed by atoms with van der Waals surface area (Å²) < 4.78 is 5.73. The van der Waals surface area contributed by atoms with Gasteiger partial charge in [-0.3, -0.25) is 9.59 Å². The van der Waals surface area contributed by atoms with Crippen molar-refractivity contribution in [1.82, 2.24) is 4.98 Å². The summed E-state index contributed by atoms with van der Waals surface area (Å²) >= 11 is 0. The first-order valence-corrected chi connectivity index (χ1v) is 8.74. The monoisotopic (exact) mass is 363 g/mol. The summed E-state index contributed by atoms with van der Waals surface area (Å²) in [4.78, 5) is 28.1. The second-order valence-corrected chi connectivity index (χ2v) is 6.25. The van der Waals surface area contributed by atoms with Gasteiger partial charge in [-0.1, -0.05) is 42.5 Å². The molecule has 0 fully saturated rings. The zero-order valence-corrected chi connectivity index (χ0v) is 15.1. The highest BCUT2D eigenvalue weighted by atomic mass is 16.4. The van der Waals surface area contributed by atoms with E-state index in [1.54, 1.807) is 31.3 Å². The van der Waals surface area contributed by atoms with Gasteiger partial charge in [0.2, 0.25) is 5.91 Å². The van der Waals surface area contributed by atoms with Crippen molar-refractivity contribution in [2.24, 2.45) is 5.73 Å². The van der Waals surface area contributed by atoms with Crippen LogP contribution in [0, 0.1) is 6.92 Å². The zero-order valence-electron chi connectivity index (χ0n) is 15.1. The lowest BCUT2D eigenvalue weighted by Gasteiger charge is -2.11. The fraction of sp³-hybridized carbons (Fsp3) is 0.190. The van der Waals surface area contributed by atoms with Gasteiger partial charge in [-0.2, -0.15) is 0 Å². The molecule has 3 rings (SSSR count). The lowest BCUT2D eigenvalue weighted by molar-refractivity contribution is -0.116. The highest BCUT2D eigenvalue weighted by Gasteiger charge is 2.13. The molecule has 0 saturated heterocycles. The third-order valence-corrected chi connectivity index (χ3v) is 4.20. The first kappa shape index (κ1) is 18.4. The highest BCUT2D eigenvalue weighted by molar-refractivity contribution is 6.04. The van der Waals surface area contributed by atoms with Gasteiger partial charge in [-0.25, -0.2) is 4.98 Å². The number of amides is 2. The molecule has 2 amide bonds. The summed E-state index contributed by atoms with van der Waals surface area (Å²) in [6.07, 6.45) is 3.11. The van der Waals surface area contributed by atoms with Crippen molar-refractivity contribution in [2.75, 3.05) is 5.32 Å². The van der Waals surface area contributed by atoms with E-state index < -0.39 is 5.91 Å². The zero-order chi connectivity index (χ0) is 19.2. The van der Waals surface area contributed by atoms with Crippen molar-refractivity contribution in [2.45, 2.75) is 26.2 Å². The number of carbonyl (C=O) groups excluding carboxylic acids is 2. The molecule has 0 aliphatic rings. The van der Waals surface area contributed by atoms with Gasteiger partial charge in [-0.05, 0) is 25.0 Å². The van der Waals surface area contributed by atoms with E-state index in [1.807, 2.05) is 30.3 Å². The average molecular weight is 363 g/mol. The molecule has 0 unspecified atom stereocenters. The molecular weight excluding hydrogens is 342 g/mol. The number of primary amides is 1. The lowest BCUT2D eigenvalue weighted by Crippen LogP contribution is -2.19. The van der Waals surface area contributed by atoms with Gasteiger partial charge in [0.1, 0.15) is 0 Å². The minimum absolute atomic E-state index is 0.182. The lowest BCUT2D eigenvalue weighted by atomic mass is 10.1. The SMILES string of the molecule is Cc1cccc(NC(=O)CCCc2ncc(-c3ccccc3)o2)c1C(N)=O. The average Bonchev–Trinajstić information content (AvgIpc) is 3.11. The largest absolute Gasteiger partial charge is 0.441 e. The summed E-state index contributed by atoms with van der Waals surface area (Å²) in [6.45, 7) is 1.78. The predicted octanol–water partition coefficient (Wildman–Crippen LogP) is 3.71. The van der Waals surface area contributed by atoms with E-state index in [0.717, 1.165) is 11.1 Å². The summed E-state index contributed by atoms with van der Waals surface area (Å²) in [5, 5.41) is 2.76. The maximum Gasteiger partial charge on any atom is 0.251 e. The Bertz CT molecular complexity index is 948. The van der Waals surface area contributed by atoms with Crippen LogP contribution in [0.15, 0.2) is 59.1 Å². The standard InChI is InChI=1S/C21H21N3O3/c1-14-7-5-10-16(20(14)21(22)26)24-18(25)11-6-12-19-23-13-17(27-19)15-8-3-2-4-9-15/h2-5,7-10,13H,6,11-12H2,1H3,(H2,22,26)(H,24,25). The predicted molar refractivity (Wildman–Crippen MR) is 103 cm³/mol. The molecule has 6 nitrogen and oxygen atoms in total. The number of nitrogens with zero attached hydrogens (tertiary/aromatic N) is 1. The third kappa shape index (κ3) is 4.61. The van der Waals surface area contributed by atoms with Crippen molar-refractivity contribution in [1.29, 1.82) is 0 Å². The Kier molecular flexibility index (Phi) is 5.66. The number of oxazole rings is 1. The Hall–Kier alpha value is -3.41. The summed E-state index contributed by atoms with van der Waals surface area (Å²) in [7, 11) is 0. The molecule has 3 N–H and O–H groups in total. The second-order valence-electron chi connectivity index (χ2n) is 6.25. The Morgan fingerprint density at radius 2 is 1.89 bits per heavy atom. The van der Waals surface area contributed by atoms with E-state index in [0.29, 0.717) is 35.7 Å². The van der Waals surface area contributed by atoms with Crippen LogP contribution in [0.1, 0.15) is 34.7 Å². The quantitative estimate of drug-likeness (QED) is 0.668. The minimum atomic E-state index is -0.559. The molecule has 6 heteroatoms. The van der Waals surface area contributed by atoms with Gasteiger partial charge < -0.3 is 15.5 Å². The topological polar surface area (TPSA) is 98.2 Å². The molecule has 138 valence electrons. The van der Waals surface area contributed by atoms with Crippen molar-refractivity contribution in [3.63, 3.8) is 0 Å². The van der Waals surface area contributed by atoms with Gasteiger partial charge in [0, 0.05) is 18.4 Å². The summed E-state index contributed by atoms with van der Waals surface area (Å²) in [6, 6.07) is 15.0. The smallest absolute Gasteiger partial charge is 0.251 e. The number of hydrogen-bond acceptors (Lipinski definition) is 4. The molecule has 0 spiro atoms. The molecule has 0 radical (unpaired) electrons. The first-order chi connectivity index (χ1) is 13.0. The van der Waals surface area contributed by atoms with Crippen LogP contribution in [-0.4, -0.2) is 16.8 Å². The Balaban J connectivity index is 1.54. The van der Waals surface area contributed by atoms with Crippen LogP contribution in [0.4, 0.5) is 5.69 Å². The van der Waals surface area contributed by atoms with E-state index in [2.05, 4.69) is 10.3 Å². The van der Waals surface area contributed by atoms with Crippen LogP contribution in [-0.2, 0) is 11.2 Å². The van der Waals surface area contributed by atoms with Crippen LogP contribution in [0.3, 0.4) is 0 Å². The summed E-state index contributed by atoms with van der Waals surface area (Å²) in [5.41, 5.74) is 7.88. The van der Waals surface area contributed by atoms with Crippen LogP contribution >= 0.6 is 0 Å². The molecule has 0 atom stereocenters. The van der Waals surface area contributed by atoms with E-state index >= 15 is 0 Å². The van der Waals surface area contributed by atoms with Crippen molar-refractivity contribution in [3.05, 3.63) is 71.7 Å². The number of benzene rings is 2. The van der Waals surface area contributed by atoms with Crippen LogP contribution in [0.25, 0.3) is 11.3 Å². The van der Waals surface area contributed by atoms with Gasteiger partial charge in [-0.15, -0.1) is 0 Å². The fourth-order valence-corrected chi connectivity index (χ4v) is 2.87. The molecule has 0 bridgehead atoms. The number of anilines is 1. The minimum Gasteiger partial charge on any atom is -0.441 e. The molecule has 1 heterocycles. The van der Waals surface area contributed by atoms with Crippen molar-refractivity contribution >= 4 is 17.5 Å². The maximum atomic E-state index is 12.2. The van der Waals surface area contributed by atoms with E-state index in [4.69, 9.17) is 10.2 Å². The van der Waals surface area contributed by atoms with Gasteiger partial charge >= 0.3 is 0 Å². The molecule has 0 aliphatic carbocycles. The van der Waals surface area contributed by atoms with Crippen molar-refractivity contribution in [3.8, 4) is 11.3 Å². The normalized spacial score (nSPS) is 10.6. The number of aromatic nitrogens is 1. The van der Waals surface area contributed by atoms with Crippen LogP contribution in [0.2, 0.25) is 0 Å². The number of carbonyl (C=O) groups is 2. The van der Waals surface area contributed by atoms with Crippen LogP contribution in [0.5, 0.6) is 0 Å². The summed E-state index contributed by atoms with van der Waals surface area (Å²) in [5.74, 6) is 0.561. The van der Waals surface area contributed by atoms with E-state index in [9.17, 15) is 9.59 Å². The maximum absolute atomic E-state index is 12.2. The number of nitrogens with one attached hydrogen (secondary N) is 1. The van der Waals surface area contributed by atoms with Gasteiger partial charge in [0.05, 0.1) is 17.4 Å². The first-order valence-electron chi connectivity index (χ1n) is 8.74. The van der Waals surface area contributed by atoms with E-state index in [-0.39, 0.29) is 12.3 Å². The molecular formula is C21H21N3O3. The van der Waals surface area contributed by atoms with Gasteiger partial charge in [0.15, 0.2) is 11.7 Å². The van der Waals surface area contributed by atoms with Crippen molar-refractivity contribution < 1.29 is 14.0 Å². The second kappa shape index (κ2) is 8.31. The number of rotatable bonds is 7. The Labute approximate surface area is 157 Å². The molecule has 1 aromatic heterocycles. The van der Waals surface area contributed by atoms with E-state index in [1.165, 1.54) is 0 Å². The number of hydrogen-bond donors (Lipinski definition) is 2. The Morgan fingerprint density at radius 1 is 1.11 bits per heavy atom. The highest BCUT2D eigenvalue weighted by Crippen LogP contribution is 2.21. The van der Waals surface area contributed by atoms with Gasteiger partial charge in [0.25, 0.3) is 5.91 Å². The number of nitrogens with two attached hydrogens (primary N) is 1. The Morgan fingerprint density at radius 3 is 2.63 bits per heavy atom. The number of aryl methyl sites for hydroxylation is 2. The molecule has 3 aromatic rings. The molecule has 27 heavy (non-hydrogen) atoms. The molecule has 0 saturated carbocycles. The molecule has 0 aliphatic heterocycles. The fourth-order valence-electron chi connectivity index (χ4n) is 2.87. The molecule has 2 aromatic carbocycles.